The van der Waals surface area contributed by atoms with Crippen molar-refractivity contribution in [1.29, 1.82) is 0 Å². The predicted molar refractivity (Wildman–Crippen MR) is 40.5 cm³/mol. The van der Waals surface area contributed by atoms with Crippen LogP contribution in [0, 0.1) is 5.82 Å². The lowest BCUT2D eigenvalue weighted by atomic mass is 10.4. The SMILES string of the molecule is O=S(=O)(OCl)c1ccccc1F. The molecule has 6 heteroatoms. The van der Waals surface area contributed by atoms with Crippen LogP contribution >= 0.6 is 11.9 Å². The first-order valence-corrected chi connectivity index (χ1v) is 4.59. The van der Waals surface area contributed by atoms with Gasteiger partial charge in [-0.2, -0.15) is 12.2 Å². The molecule has 1 aromatic carbocycles. The maximum atomic E-state index is 12.8. The Morgan fingerprint density at radius 3 is 2.42 bits per heavy atom. The summed E-state index contributed by atoms with van der Waals surface area (Å²) >= 11 is 4.65. The Bertz CT molecular complexity index is 376. The lowest BCUT2D eigenvalue weighted by Gasteiger charge is -1.98. The maximum Gasteiger partial charge on any atom is 0.315 e. The van der Waals surface area contributed by atoms with E-state index in [-0.39, 0.29) is 0 Å². The predicted octanol–water partition coefficient (Wildman–Crippen LogP) is 1.68. The Morgan fingerprint density at radius 2 is 1.92 bits per heavy atom. The average Bonchev–Trinajstić information content (AvgIpc) is 2.05. The molecule has 0 bridgehead atoms. The summed E-state index contributed by atoms with van der Waals surface area (Å²) < 4.78 is 38.0. The molecule has 0 aliphatic rings. The van der Waals surface area contributed by atoms with Crippen LogP contribution in [0.5, 0.6) is 0 Å². The zero-order valence-electron chi connectivity index (χ0n) is 5.70. The Morgan fingerprint density at radius 1 is 1.33 bits per heavy atom. The van der Waals surface area contributed by atoms with Crippen LogP contribution in [0.4, 0.5) is 4.39 Å². The Labute approximate surface area is 74.0 Å². The van der Waals surface area contributed by atoms with Gasteiger partial charge in [0.1, 0.15) is 10.7 Å². The second kappa shape index (κ2) is 3.38. The Balaban J connectivity index is 3.30. The Kier molecular flexibility index (Phi) is 2.66. The van der Waals surface area contributed by atoms with Gasteiger partial charge in [-0.1, -0.05) is 12.1 Å². The van der Waals surface area contributed by atoms with E-state index in [1.165, 1.54) is 12.1 Å². The van der Waals surface area contributed by atoms with E-state index in [2.05, 4.69) is 15.6 Å². The zero-order chi connectivity index (χ0) is 9.19. The molecular weight excluding hydrogens is 207 g/mol. The summed E-state index contributed by atoms with van der Waals surface area (Å²) in [6.07, 6.45) is 0. The van der Waals surface area contributed by atoms with Gasteiger partial charge in [0, 0.05) is 0 Å². The summed E-state index contributed by atoms with van der Waals surface area (Å²) in [6, 6.07) is 4.80. The van der Waals surface area contributed by atoms with Crippen LogP contribution in [-0.2, 0) is 13.9 Å². The van der Waals surface area contributed by atoms with Crippen LogP contribution in [0.3, 0.4) is 0 Å². The van der Waals surface area contributed by atoms with Gasteiger partial charge in [0.05, 0.1) is 11.9 Å². The molecule has 0 aromatic heterocycles. The smallest absolute Gasteiger partial charge is 0.205 e. The van der Waals surface area contributed by atoms with Gasteiger partial charge in [-0.3, -0.25) is 0 Å². The van der Waals surface area contributed by atoms with Gasteiger partial charge in [-0.25, -0.2) is 4.39 Å². The summed E-state index contributed by atoms with van der Waals surface area (Å²) in [7, 11) is -4.14. The van der Waals surface area contributed by atoms with Crippen molar-refractivity contribution in [2.75, 3.05) is 0 Å². The summed E-state index contributed by atoms with van der Waals surface area (Å²) in [5.41, 5.74) is 0. The first-order chi connectivity index (χ1) is 5.58. The van der Waals surface area contributed by atoms with E-state index < -0.39 is 20.8 Å². The van der Waals surface area contributed by atoms with E-state index >= 15 is 0 Å². The van der Waals surface area contributed by atoms with Crippen molar-refractivity contribution in [3.8, 4) is 0 Å². The van der Waals surface area contributed by atoms with Crippen LogP contribution < -0.4 is 0 Å². The van der Waals surface area contributed by atoms with Crippen molar-refractivity contribution in [2.45, 2.75) is 4.90 Å². The topological polar surface area (TPSA) is 43.4 Å². The summed E-state index contributed by atoms with van der Waals surface area (Å²) in [6.45, 7) is 0. The molecule has 0 heterocycles. The molecule has 3 nitrogen and oxygen atoms in total. The standard InChI is InChI=1S/C6H4ClFO3S/c7-11-12(9,10)6-4-2-1-3-5(6)8/h1-4H. The number of hydrogen-bond acceptors (Lipinski definition) is 3. The molecule has 0 N–H and O–H groups in total. The second-order valence-corrected chi connectivity index (χ2v) is 3.80. The van der Waals surface area contributed by atoms with Gasteiger partial charge in [0.15, 0.2) is 0 Å². The molecule has 1 aromatic rings. The highest BCUT2D eigenvalue weighted by atomic mass is 35.5. The molecular formula is C6H4ClFO3S. The van der Waals surface area contributed by atoms with Crippen molar-refractivity contribution >= 4 is 22.0 Å². The third-order valence-electron chi connectivity index (χ3n) is 1.19. The first-order valence-electron chi connectivity index (χ1n) is 2.87. The van der Waals surface area contributed by atoms with Crippen molar-refractivity contribution in [3.63, 3.8) is 0 Å². The third kappa shape index (κ3) is 1.74. The fourth-order valence-corrected chi connectivity index (χ4v) is 1.50. The largest absolute Gasteiger partial charge is 0.315 e. The number of hydrogen-bond donors (Lipinski definition) is 0. The monoisotopic (exact) mass is 210 g/mol. The van der Waals surface area contributed by atoms with E-state index in [9.17, 15) is 12.8 Å². The number of benzene rings is 1. The molecule has 12 heavy (non-hydrogen) atoms. The molecule has 0 saturated heterocycles. The molecule has 66 valence electrons. The molecule has 0 amide bonds. The van der Waals surface area contributed by atoms with Crippen molar-refractivity contribution in [3.05, 3.63) is 30.1 Å². The van der Waals surface area contributed by atoms with Crippen molar-refractivity contribution in [2.24, 2.45) is 0 Å². The quantitative estimate of drug-likeness (QED) is 0.746. The minimum Gasteiger partial charge on any atom is -0.205 e. The highest BCUT2D eigenvalue weighted by Crippen LogP contribution is 2.16. The lowest BCUT2D eigenvalue weighted by Crippen LogP contribution is -2.02. The lowest BCUT2D eigenvalue weighted by molar-refractivity contribution is 0.496. The molecule has 0 fully saturated rings. The molecule has 0 spiro atoms. The summed E-state index contributed by atoms with van der Waals surface area (Å²) in [4.78, 5) is -0.569. The minimum absolute atomic E-state index is 0.569. The van der Waals surface area contributed by atoms with Gasteiger partial charge in [0.25, 0.3) is 0 Å². The molecule has 0 atom stereocenters. The highest BCUT2D eigenvalue weighted by Gasteiger charge is 2.18. The minimum atomic E-state index is -4.14. The van der Waals surface area contributed by atoms with Gasteiger partial charge >= 0.3 is 10.1 Å². The van der Waals surface area contributed by atoms with E-state index in [0.29, 0.717) is 0 Å². The zero-order valence-corrected chi connectivity index (χ0v) is 7.27. The van der Waals surface area contributed by atoms with Crippen LogP contribution in [-0.4, -0.2) is 8.42 Å². The van der Waals surface area contributed by atoms with E-state index in [0.717, 1.165) is 12.1 Å². The van der Waals surface area contributed by atoms with E-state index in [1.54, 1.807) is 0 Å². The summed E-state index contributed by atoms with van der Waals surface area (Å²) in [5.74, 6) is -0.891. The first kappa shape index (κ1) is 9.44. The van der Waals surface area contributed by atoms with Gasteiger partial charge in [0.2, 0.25) is 0 Å². The second-order valence-electron chi connectivity index (χ2n) is 1.95. The molecule has 0 aliphatic carbocycles. The maximum absolute atomic E-state index is 12.8. The van der Waals surface area contributed by atoms with Crippen LogP contribution in [0.1, 0.15) is 0 Å². The molecule has 0 radical (unpaired) electrons. The van der Waals surface area contributed by atoms with Gasteiger partial charge < -0.3 is 0 Å². The molecule has 0 aliphatic heterocycles. The van der Waals surface area contributed by atoms with Crippen LogP contribution in [0.2, 0.25) is 0 Å². The van der Waals surface area contributed by atoms with Crippen molar-refractivity contribution in [1.82, 2.24) is 0 Å². The molecule has 0 unspecified atom stereocenters. The van der Waals surface area contributed by atoms with E-state index in [4.69, 9.17) is 0 Å². The van der Waals surface area contributed by atoms with E-state index in [1.807, 2.05) is 0 Å². The van der Waals surface area contributed by atoms with Gasteiger partial charge in [-0.05, 0) is 12.1 Å². The normalized spacial score (nSPS) is 11.5. The fourth-order valence-electron chi connectivity index (χ4n) is 0.681. The third-order valence-corrected chi connectivity index (χ3v) is 2.72. The van der Waals surface area contributed by atoms with Crippen LogP contribution in [0.15, 0.2) is 29.2 Å². The molecule has 1 rings (SSSR count). The van der Waals surface area contributed by atoms with Gasteiger partial charge in [-0.15, -0.1) is 0 Å². The van der Waals surface area contributed by atoms with Crippen LogP contribution in [0.25, 0.3) is 0 Å². The summed E-state index contributed by atoms with van der Waals surface area (Å²) in [5, 5.41) is 0. The number of rotatable bonds is 2. The number of halogens is 2. The highest BCUT2D eigenvalue weighted by molar-refractivity contribution is 7.87. The molecule has 0 saturated carbocycles. The van der Waals surface area contributed by atoms with Crippen molar-refractivity contribution < 1.29 is 16.5 Å². The fraction of sp³-hybridized carbons (Fsp3) is 0. The Hall–Kier alpha value is -0.650. The average molecular weight is 211 g/mol.